The topological polar surface area (TPSA) is 32.7 Å². The molecule has 0 aromatic rings. The molecule has 0 aliphatic heterocycles. The van der Waals surface area contributed by atoms with Gasteiger partial charge in [0.05, 0.1) is 0 Å². The Morgan fingerprint density at radius 2 is 2.20 bits per heavy atom. The van der Waals surface area contributed by atoms with Gasteiger partial charge in [-0.3, -0.25) is 4.90 Å². The molecule has 0 amide bonds. The highest BCUT2D eigenvalue weighted by Crippen LogP contribution is 1.92. The van der Waals surface area contributed by atoms with E-state index in [2.05, 4.69) is 0 Å². The first kappa shape index (κ1) is 9.88. The van der Waals surface area contributed by atoms with E-state index in [4.69, 9.17) is 9.84 Å². The molecule has 0 fully saturated rings. The van der Waals surface area contributed by atoms with Crippen LogP contribution >= 0.6 is 0 Å². The molecule has 1 atom stereocenters. The van der Waals surface area contributed by atoms with Gasteiger partial charge in [-0.25, -0.2) is 0 Å². The average molecular weight is 147 g/mol. The van der Waals surface area contributed by atoms with Gasteiger partial charge in [0.1, 0.15) is 6.23 Å². The zero-order valence-corrected chi connectivity index (χ0v) is 7.00. The molecule has 0 saturated carbocycles. The lowest BCUT2D eigenvalue weighted by Gasteiger charge is -2.18. The molecule has 0 rings (SSSR count). The number of rotatable bonds is 5. The second kappa shape index (κ2) is 5.65. The number of methoxy groups -OCH3 is 1. The van der Waals surface area contributed by atoms with E-state index in [0.29, 0.717) is 0 Å². The number of hydrogen-bond donors (Lipinski definition) is 1. The Hall–Kier alpha value is -0.120. The van der Waals surface area contributed by atoms with Crippen molar-refractivity contribution in [2.75, 3.05) is 27.3 Å². The molecule has 1 N–H and O–H groups in total. The third-order valence-electron chi connectivity index (χ3n) is 1.50. The molecule has 0 aromatic heterocycles. The summed E-state index contributed by atoms with van der Waals surface area (Å²) in [5.41, 5.74) is 0. The molecule has 0 aliphatic carbocycles. The summed E-state index contributed by atoms with van der Waals surface area (Å²) in [4.78, 5) is 1.87. The molecule has 10 heavy (non-hydrogen) atoms. The maximum absolute atomic E-state index is 9.01. The summed E-state index contributed by atoms with van der Waals surface area (Å²) in [6, 6.07) is 0. The van der Waals surface area contributed by atoms with Gasteiger partial charge in [0.2, 0.25) is 0 Å². The summed E-state index contributed by atoms with van der Waals surface area (Å²) in [6.07, 6.45) is 0.620. The Bertz CT molecular complexity index is 76.0. The van der Waals surface area contributed by atoms with Crippen molar-refractivity contribution in [2.45, 2.75) is 19.6 Å². The van der Waals surface area contributed by atoms with Gasteiger partial charge >= 0.3 is 0 Å². The molecule has 3 nitrogen and oxygen atoms in total. The fourth-order valence-electron chi connectivity index (χ4n) is 0.645. The van der Waals surface area contributed by atoms with Gasteiger partial charge in [0, 0.05) is 20.3 Å². The van der Waals surface area contributed by atoms with Gasteiger partial charge < -0.3 is 9.84 Å². The third-order valence-corrected chi connectivity index (χ3v) is 1.50. The van der Waals surface area contributed by atoms with Crippen LogP contribution in [0.25, 0.3) is 0 Å². The van der Waals surface area contributed by atoms with Crippen LogP contribution in [-0.4, -0.2) is 43.5 Å². The lowest BCUT2D eigenvalue weighted by atomic mass is 10.4. The van der Waals surface area contributed by atoms with E-state index in [1.54, 1.807) is 14.0 Å². The van der Waals surface area contributed by atoms with Crippen molar-refractivity contribution < 1.29 is 9.84 Å². The molecule has 0 saturated heterocycles. The SMILES string of the molecule is COCCCN(C)C(C)O. The smallest absolute Gasteiger partial charge is 0.104 e. The van der Waals surface area contributed by atoms with Crippen molar-refractivity contribution in [2.24, 2.45) is 0 Å². The van der Waals surface area contributed by atoms with Gasteiger partial charge in [0.25, 0.3) is 0 Å². The Morgan fingerprint density at radius 1 is 1.60 bits per heavy atom. The van der Waals surface area contributed by atoms with Crippen LogP contribution in [0.3, 0.4) is 0 Å². The Labute approximate surface area is 62.6 Å². The molecule has 0 aromatic carbocycles. The fourth-order valence-corrected chi connectivity index (χ4v) is 0.645. The molecule has 0 radical (unpaired) electrons. The number of aliphatic hydroxyl groups excluding tert-OH is 1. The van der Waals surface area contributed by atoms with E-state index in [9.17, 15) is 0 Å². The van der Waals surface area contributed by atoms with Crippen molar-refractivity contribution >= 4 is 0 Å². The lowest BCUT2D eigenvalue weighted by molar-refractivity contribution is 0.0329. The van der Waals surface area contributed by atoms with Crippen LogP contribution in [0, 0.1) is 0 Å². The Morgan fingerprint density at radius 3 is 2.60 bits per heavy atom. The third kappa shape index (κ3) is 4.73. The zero-order chi connectivity index (χ0) is 7.98. The molecule has 0 spiro atoms. The van der Waals surface area contributed by atoms with Crippen LogP contribution in [0.5, 0.6) is 0 Å². The largest absolute Gasteiger partial charge is 0.385 e. The number of aliphatic hydroxyl groups is 1. The Kier molecular flexibility index (Phi) is 5.58. The van der Waals surface area contributed by atoms with Gasteiger partial charge in [-0.2, -0.15) is 0 Å². The van der Waals surface area contributed by atoms with Gasteiger partial charge in [0.15, 0.2) is 0 Å². The van der Waals surface area contributed by atoms with Crippen LogP contribution in [0.1, 0.15) is 13.3 Å². The van der Waals surface area contributed by atoms with E-state index in [0.717, 1.165) is 19.6 Å². The summed E-state index contributed by atoms with van der Waals surface area (Å²) in [6.45, 7) is 3.40. The first-order chi connectivity index (χ1) is 4.68. The maximum Gasteiger partial charge on any atom is 0.104 e. The van der Waals surface area contributed by atoms with Crippen molar-refractivity contribution in [3.05, 3.63) is 0 Å². The normalized spacial score (nSPS) is 14.1. The highest BCUT2D eigenvalue weighted by atomic mass is 16.5. The monoisotopic (exact) mass is 147 g/mol. The Balaban J connectivity index is 3.13. The minimum atomic E-state index is -0.350. The van der Waals surface area contributed by atoms with Crippen molar-refractivity contribution in [3.8, 4) is 0 Å². The average Bonchev–Trinajstić information content (AvgIpc) is 1.88. The summed E-state index contributed by atoms with van der Waals surface area (Å²) >= 11 is 0. The molecular weight excluding hydrogens is 130 g/mol. The minimum absolute atomic E-state index is 0.350. The van der Waals surface area contributed by atoms with Crippen LogP contribution < -0.4 is 0 Å². The molecule has 0 bridgehead atoms. The van der Waals surface area contributed by atoms with Crippen LogP contribution in [0.15, 0.2) is 0 Å². The predicted octanol–water partition coefficient (Wildman–Crippen LogP) is 0.293. The first-order valence-corrected chi connectivity index (χ1v) is 3.55. The van der Waals surface area contributed by atoms with Gasteiger partial charge in [-0.1, -0.05) is 0 Å². The van der Waals surface area contributed by atoms with Crippen LogP contribution in [0.4, 0.5) is 0 Å². The molecule has 3 heteroatoms. The second-order valence-corrected chi connectivity index (χ2v) is 2.46. The summed E-state index contributed by atoms with van der Waals surface area (Å²) < 4.78 is 4.86. The number of ether oxygens (including phenoxy) is 1. The lowest BCUT2D eigenvalue weighted by Crippen LogP contribution is -2.29. The van der Waals surface area contributed by atoms with Crippen molar-refractivity contribution in [1.29, 1.82) is 0 Å². The van der Waals surface area contributed by atoms with E-state index >= 15 is 0 Å². The number of hydrogen-bond acceptors (Lipinski definition) is 3. The molecule has 1 unspecified atom stereocenters. The van der Waals surface area contributed by atoms with Gasteiger partial charge in [-0.15, -0.1) is 0 Å². The number of nitrogens with zero attached hydrogens (tertiary/aromatic N) is 1. The van der Waals surface area contributed by atoms with E-state index < -0.39 is 0 Å². The standard InChI is InChI=1S/C7H17NO2/c1-7(9)8(2)5-4-6-10-3/h7,9H,4-6H2,1-3H3. The van der Waals surface area contributed by atoms with Crippen molar-refractivity contribution in [3.63, 3.8) is 0 Å². The first-order valence-electron chi connectivity index (χ1n) is 3.55. The maximum atomic E-state index is 9.01. The van der Waals surface area contributed by atoms with Crippen LogP contribution in [0.2, 0.25) is 0 Å². The summed E-state index contributed by atoms with van der Waals surface area (Å²) in [5.74, 6) is 0. The zero-order valence-electron chi connectivity index (χ0n) is 7.00. The highest BCUT2D eigenvalue weighted by Gasteiger charge is 2.02. The molecule has 0 heterocycles. The quantitative estimate of drug-likeness (QED) is 0.448. The van der Waals surface area contributed by atoms with Crippen molar-refractivity contribution in [1.82, 2.24) is 4.90 Å². The van der Waals surface area contributed by atoms with Crippen LogP contribution in [-0.2, 0) is 4.74 Å². The second-order valence-electron chi connectivity index (χ2n) is 2.46. The predicted molar refractivity (Wildman–Crippen MR) is 40.8 cm³/mol. The molecule has 0 aliphatic rings. The summed E-state index contributed by atoms with van der Waals surface area (Å²) in [5, 5.41) is 9.01. The summed E-state index contributed by atoms with van der Waals surface area (Å²) in [7, 11) is 3.57. The molecule has 62 valence electrons. The minimum Gasteiger partial charge on any atom is -0.385 e. The molecular formula is C7H17NO2. The van der Waals surface area contributed by atoms with Gasteiger partial charge in [-0.05, 0) is 20.4 Å². The highest BCUT2D eigenvalue weighted by molar-refractivity contribution is 4.49. The van der Waals surface area contributed by atoms with E-state index in [1.807, 2.05) is 11.9 Å². The van der Waals surface area contributed by atoms with E-state index in [1.165, 1.54) is 0 Å². The fraction of sp³-hybridized carbons (Fsp3) is 1.00. The van der Waals surface area contributed by atoms with E-state index in [-0.39, 0.29) is 6.23 Å².